The fraction of sp³-hybridized carbons (Fsp3) is 0.450. The van der Waals surface area contributed by atoms with Crippen molar-refractivity contribution in [3.05, 3.63) is 47.7 Å². The molecular weight excluding hydrogens is 324 g/mol. The van der Waals surface area contributed by atoms with E-state index in [1.165, 1.54) is 0 Å². The van der Waals surface area contributed by atoms with Crippen molar-refractivity contribution in [2.24, 2.45) is 0 Å². The summed E-state index contributed by atoms with van der Waals surface area (Å²) in [6, 6.07) is 10.8. The van der Waals surface area contributed by atoms with Gasteiger partial charge in [0.2, 0.25) is 0 Å². The van der Waals surface area contributed by atoms with E-state index in [9.17, 15) is 0 Å². The number of nitrogens with one attached hydrogen (secondary N) is 1. The molecule has 0 spiro atoms. The van der Waals surface area contributed by atoms with E-state index >= 15 is 0 Å². The molecule has 6 heteroatoms. The number of nitrogens with zero attached hydrogens (tertiary/aromatic N) is 5. The van der Waals surface area contributed by atoms with Crippen LogP contribution in [0.1, 0.15) is 30.2 Å². The highest BCUT2D eigenvalue weighted by Crippen LogP contribution is 2.19. The van der Waals surface area contributed by atoms with Gasteiger partial charge in [-0.05, 0) is 59.0 Å². The Morgan fingerprint density at radius 2 is 1.85 bits per heavy atom. The second-order valence-corrected chi connectivity index (χ2v) is 7.25. The molecule has 0 amide bonds. The number of hydrogen-bond acceptors (Lipinski definition) is 5. The van der Waals surface area contributed by atoms with Gasteiger partial charge in [0.25, 0.3) is 0 Å². The zero-order valence-electron chi connectivity index (χ0n) is 15.7. The molecule has 1 aliphatic rings. The average Bonchev–Trinajstić information content (AvgIpc) is 2.92. The zero-order valence-corrected chi connectivity index (χ0v) is 15.7. The number of benzene rings is 1. The molecule has 1 fully saturated rings. The van der Waals surface area contributed by atoms with Crippen LogP contribution in [0.2, 0.25) is 0 Å². The Labute approximate surface area is 154 Å². The summed E-state index contributed by atoms with van der Waals surface area (Å²) in [5.74, 6) is 2.75. The molecule has 26 heavy (non-hydrogen) atoms. The number of hydrogen-bond donors (Lipinski definition) is 1. The molecule has 0 aliphatic carbocycles. The molecule has 1 aliphatic heterocycles. The number of aryl methyl sites for hydroxylation is 2. The van der Waals surface area contributed by atoms with Crippen LogP contribution in [0.5, 0.6) is 0 Å². The minimum absolute atomic E-state index is 0.490. The molecule has 2 aromatic heterocycles. The van der Waals surface area contributed by atoms with Crippen LogP contribution in [0.25, 0.3) is 11.0 Å². The fourth-order valence-corrected chi connectivity index (χ4v) is 3.70. The standard InChI is InChI=1S/C20H26N6/c1-14-21-17(12-20(22-14)24-16-8-10-25(3)11-9-16)13-26-15(2)23-18-6-4-5-7-19(18)26/h4-7,12,16H,8-11,13H2,1-3H3,(H,21,22,24). The Morgan fingerprint density at radius 1 is 1.08 bits per heavy atom. The first-order valence-electron chi connectivity index (χ1n) is 9.30. The van der Waals surface area contributed by atoms with E-state index in [4.69, 9.17) is 0 Å². The van der Waals surface area contributed by atoms with Crippen molar-refractivity contribution in [3.63, 3.8) is 0 Å². The third-order valence-corrected chi connectivity index (χ3v) is 5.13. The Hall–Kier alpha value is -2.47. The number of para-hydroxylation sites is 2. The highest BCUT2D eigenvalue weighted by molar-refractivity contribution is 5.75. The molecule has 0 bridgehead atoms. The number of rotatable bonds is 4. The zero-order chi connectivity index (χ0) is 18.1. The van der Waals surface area contributed by atoms with Crippen LogP contribution in [0.4, 0.5) is 5.82 Å². The number of aromatic nitrogens is 4. The van der Waals surface area contributed by atoms with Gasteiger partial charge in [-0.2, -0.15) is 0 Å². The van der Waals surface area contributed by atoms with Crippen molar-refractivity contribution in [2.45, 2.75) is 39.3 Å². The topological polar surface area (TPSA) is 58.9 Å². The highest BCUT2D eigenvalue weighted by atomic mass is 15.1. The van der Waals surface area contributed by atoms with Gasteiger partial charge in [0.1, 0.15) is 17.5 Å². The second kappa shape index (κ2) is 7.03. The van der Waals surface area contributed by atoms with Gasteiger partial charge in [-0.1, -0.05) is 12.1 Å². The van der Waals surface area contributed by atoms with Crippen LogP contribution in [0.3, 0.4) is 0 Å². The summed E-state index contributed by atoms with van der Waals surface area (Å²) in [7, 11) is 2.18. The van der Waals surface area contributed by atoms with Gasteiger partial charge < -0.3 is 14.8 Å². The maximum absolute atomic E-state index is 4.65. The molecule has 6 nitrogen and oxygen atoms in total. The third kappa shape index (κ3) is 3.55. The van der Waals surface area contributed by atoms with Gasteiger partial charge in [0.05, 0.1) is 23.3 Å². The summed E-state index contributed by atoms with van der Waals surface area (Å²) in [5, 5.41) is 3.61. The van der Waals surface area contributed by atoms with Crippen LogP contribution in [0, 0.1) is 13.8 Å². The molecule has 1 aromatic carbocycles. The van der Waals surface area contributed by atoms with Gasteiger partial charge in [0, 0.05) is 12.1 Å². The van der Waals surface area contributed by atoms with Gasteiger partial charge >= 0.3 is 0 Å². The van der Waals surface area contributed by atoms with E-state index in [0.29, 0.717) is 12.6 Å². The molecule has 136 valence electrons. The van der Waals surface area contributed by atoms with Gasteiger partial charge in [-0.15, -0.1) is 0 Å². The summed E-state index contributed by atoms with van der Waals surface area (Å²) >= 11 is 0. The van der Waals surface area contributed by atoms with Crippen molar-refractivity contribution in [2.75, 3.05) is 25.5 Å². The van der Waals surface area contributed by atoms with Crippen LogP contribution < -0.4 is 5.32 Å². The Balaban J connectivity index is 1.57. The maximum atomic E-state index is 4.65. The molecule has 0 atom stereocenters. The predicted molar refractivity (Wildman–Crippen MR) is 104 cm³/mol. The fourth-order valence-electron chi connectivity index (χ4n) is 3.70. The SMILES string of the molecule is Cc1nc(Cn2c(C)nc3ccccc32)cc(NC2CCN(C)CC2)n1. The van der Waals surface area contributed by atoms with Crippen LogP contribution in [0.15, 0.2) is 30.3 Å². The number of imidazole rings is 1. The minimum atomic E-state index is 0.490. The van der Waals surface area contributed by atoms with Crippen LogP contribution in [-0.4, -0.2) is 50.6 Å². The van der Waals surface area contributed by atoms with Gasteiger partial charge in [-0.3, -0.25) is 0 Å². The minimum Gasteiger partial charge on any atom is -0.367 e. The van der Waals surface area contributed by atoms with E-state index in [1.54, 1.807) is 0 Å². The summed E-state index contributed by atoms with van der Waals surface area (Å²) in [6.45, 7) is 6.98. The predicted octanol–water partition coefficient (Wildman–Crippen LogP) is 3.00. The summed E-state index contributed by atoms with van der Waals surface area (Å²) in [5.41, 5.74) is 3.19. The van der Waals surface area contributed by atoms with Crippen LogP contribution >= 0.6 is 0 Å². The number of piperidine rings is 1. The van der Waals surface area contributed by atoms with E-state index in [0.717, 1.165) is 60.1 Å². The summed E-state index contributed by atoms with van der Waals surface area (Å²) in [4.78, 5) is 16.3. The van der Waals surface area contributed by atoms with E-state index in [2.05, 4.69) is 61.0 Å². The van der Waals surface area contributed by atoms with Crippen molar-refractivity contribution in [1.29, 1.82) is 0 Å². The lowest BCUT2D eigenvalue weighted by atomic mass is 10.1. The molecule has 0 radical (unpaired) electrons. The third-order valence-electron chi connectivity index (χ3n) is 5.13. The van der Waals surface area contributed by atoms with Crippen LogP contribution in [-0.2, 0) is 6.54 Å². The summed E-state index contributed by atoms with van der Waals surface area (Å²) < 4.78 is 2.22. The lowest BCUT2D eigenvalue weighted by Crippen LogP contribution is -2.37. The molecule has 0 unspecified atom stereocenters. The Bertz CT molecular complexity index is 908. The molecule has 3 heterocycles. The second-order valence-electron chi connectivity index (χ2n) is 7.25. The monoisotopic (exact) mass is 350 g/mol. The lowest BCUT2D eigenvalue weighted by molar-refractivity contribution is 0.263. The van der Waals surface area contributed by atoms with E-state index in [-0.39, 0.29) is 0 Å². The van der Waals surface area contributed by atoms with Crippen molar-refractivity contribution < 1.29 is 0 Å². The molecule has 1 N–H and O–H groups in total. The first kappa shape index (κ1) is 17.0. The van der Waals surface area contributed by atoms with Gasteiger partial charge in [-0.25, -0.2) is 15.0 Å². The molecule has 4 rings (SSSR count). The first-order valence-corrected chi connectivity index (χ1v) is 9.30. The Kier molecular flexibility index (Phi) is 4.59. The van der Waals surface area contributed by atoms with Crippen molar-refractivity contribution in [3.8, 4) is 0 Å². The molecule has 3 aromatic rings. The lowest BCUT2D eigenvalue weighted by Gasteiger charge is -2.29. The first-order chi connectivity index (χ1) is 12.6. The number of fused-ring (bicyclic) bond motifs is 1. The molecule has 0 saturated carbocycles. The summed E-state index contributed by atoms with van der Waals surface area (Å²) in [6.07, 6.45) is 2.31. The quantitative estimate of drug-likeness (QED) is 0.784. The van der Waals surface area contributed by atoms with Crippen molar-refractivity contribution >= 4 is 16.9 Å². The van der Waals surface area contributed by atoms with Crippen molar-refractivity contribution in [1.82, 2.24) is 24.4 Å². The Morgan fingerprint density at radius 3 is 2.65 bits per heavy atom. The number of likely N-dealkylation sites (tertiary alicyclic amines) is 1. The molecule has 1 saturated heterocycles. The normalized spacial score (nSPS) is 16.3. The largest absolute Gasteiger partial charge is 0.367 e. The number of anilines is 1. The van der Waals surface area contributed by atoms with Gasteiger partial charge in [0.15, 0.2) is 0 Å². The highest BCUT2D eigenvalue weighted by Gasteiger charge is 2.17. The average molecular weight is 350 g/mol. The van der Waals surface area contributed by atoms with E-state index in [1.807, 2.05) is 19.9 Å². The smallest absolute Gasteiger partial charge is 0.130 e. The maximum Gasteiger partial charge on any atom is 0.130 e. The molecular formula is C20H26N6. The van der Waals surface area contributed by atoms with E-state index < -0.39 is 0 Å².